The first kappa shape index (κ1) is 12.6. The first-order valence-electron chi connectivity index (χ1n) is 5.59. The maximum Gasteiger partial charge on any atom is 0.0897 e. The fourth-order valence-electron chi connectivity index (χ4n) is 1.51. The number of aryl methyl sites for hydroxylation is 1. The molecule has 0 aliphatic rings. The highest BCUT2D eigenvalue weighted by Gasteiger charge is 2.01. The van der Waals surface area contributed by atoms with Gasteiger partial charge in [0, 0.05) is 18.0 Å². The Labute approximate surface area is 96.1 Å². The van der Waals surface area contributed by atoms with Crippen molar-refractivity contribution in [3.8, 4) is 0 Å². The third-order valence-corrected chi connectivity index (χ3v) is 3.15. The van der Waals surface area contributed by atoms with Crippen molar-refractivity contribution in [3.05, 3.63) is 16.1 Å². The lowest BCUT2D eigenvalue weighted by Crippen LogP contribution is -2.26. The van der Waals surface area contributed by atoms with Crippen LogP contribution in [0.5, 0.6) is 0 Å². The number of nitrogens with two attached hydrogens (primary N) is 1. The van der Waals surface area contributed by atoms with Crippen LogP contribution in [0.3, 0.4) is 0 Å². The molecule has 0 bridgehead atoms. The third-order valence-electron chi connectivity index (χ3n) is 2.32. The Morgan fingerprint density at radius 1 is 1.53 bits per heavy atom. The Balaban J connectivity index is 2.06. The summed E-state index contributed by atoms with van der Waals surface area (Å²) in [7, 11) is 0. The molecule has 1 unspecified atom stereocenters. The maximum absolute atomic E-state index is 5.91. The molecule has 0 aromatic carbocycles. The number of thiazole rings is 1. The van der Waals surface area contributed by atoms with Crippen molar-refractivity contribution in [2.75, 3.05) is 6.54 Å². The van der Waals surface area contributed by atoms with Crippen molar-refractivity contribution in [1.29, 1.82) is 0 Å². The summed E-state index contributed by atoms with van der Waals surface area (Å²) in [4.78, 5) is 4.39. The molecule has 3 N–H and O–H groups in total. The van der Waals surface area contributed by atoms with E-state index in [4.69, 9.17) is 5.73 Å². The lowest BCUT2D eigenvalue weighted by Gasteiger charge is -2.09. The van der Waals surface area contributed by atoms with Crippen molar-refractivity contribution in [2.45, 2.75) is 45.7 Å². The van der Waals surface area contributed by atoms with Crippen LogP contribution in [0.25, 0.3) is 0 Å². The third kappa shape index (κ3) is 5.25. The number of nitrogens with zero attached hydrogens (tertiary/aromatic N) is 1. The highest BCUT2D eigenvalue weighted by Crippen LogP contribution is 2.07. The van der Waals surface area contributed by atoms with Crippen LogP contribution in [0.4, 0.5) is 0 Å². The summed E-state index contributed by atoms with van der Waals surface area (Å²) >= 11 is 1.70. The monoisotopic (exact) mass is 227 g/mol. The van der Waals surface area contributed by atoms with E-state index in [-0.39, 0.29) is 0 Å². The van der Waals surface area contributed by atoms with E-state index in [0.717, 1.165) is 36.6 Å². The summed E-state index contributed by atoms with van der Waals surface area (Å²) in [6.45, 7) is 6.05. The van der Waals surface area contributed by atoms with Crippen LogP contribution in [0.2, 0.25) is 0 Å². The molecule has 0 amide bonds. The Morgan fingerprint density at radius 3 is 2.93 bits per heavy atom. The minimum absolute atomic E-state index is 0.347. The number of aromatic nitrogens is 1. The molecule has 1 heterocycles. The van der Waals surface area contributed by atoms with Crippen LogP contribution < -0.4 is 11.1 Å². The van der Waals surface area contributed by atoms with Gasteiger partial charge in [-0.15, -0.1) is 11.3 Å². The first-order valence-corrected chi connectivity index (χ1v) is 6.47. The molecule has 0 fully saturated rings. The van der Waals surface area contributed by atoms with E-state index in [1.54, 1.807) is 11.3 Å². The average molecular weight is 227 g/mol. The molecular formula is C11H21N3S. The second-order valence-electron chi connectivity index (χ2n) is 3.87. The summed E-state index contributed by atoms with van der Waals surface area (Å²) in [5, 5.41) is 6.61. The lowest BCUT2D eigenvalue weighted by atomic mass is 10.1. The van der Waals surface area contributed by atoms with Gasteiger partial charge in [0.25, 0.3) is 0 Å². The zero-order valence-electron chi connectivity index (χ0n) is 9.62. The largest absolute Gasteiger partial charge is 0.328 e. The lowest BCUT2D eigenvalue weighted by molar-refractivity contribution is 0.525. The van der Waals surface area contributed by atoms with Gasteiger partial charge in [-0.1, -0.05) is 13.3 Å². The maximum atomic E-state index is 5.91. The van der Waals surface area contributed by atoms with Gasteiger partial charge in [-0.3, -0.25) is 0 Å². The van der Waals surface area contributed by atoms with Crippen molar-refractivity contribution in [1.82, 2.24) is 10.3 Å². The molecule has 0 saturated carbocycles. The quantitative estimate of drug-likeness (QED) is 0.701. The van der Waals surface area contributed by atoms with Gasteiger partial charge in [-0.25, -0.2) is 4.98 Å². The Morgan fingerprint density at radius 2 is 2.33 bits per heavy atom. The molecule has 0 spiro atoms. The van der Waals surface area contributed by atoms with Gasteiger partial charge in [0.2, 0.25) is 0 Å². The molecule has 0 radical (unpaired) electrons. The van der Waals surface area contributed by atoms with Crippen LogP contribution in [-0.2, 0) is 6.54 Å². The van der Waals surface area contributed by atoms with Crippen molar-refractivity contribution in [2.24, 2.45) is 5.73 Å². The van der Waals surface area contributed by atoms with Crippen molar-refractivity contribution < 1.29 is 0 Å². The molecule has 4 heteroatoms. The molecular weight excluding hydrogens is 206 g/mol. The summed E-state index contributed by atoms with van der Waals surface area (Å²) in [5.74, 6) is 0. The number of rotatable bonds is 7. The SMILES string of the molecule is CCCC(N)CCNCc1csc(C)n1. The number of hydrogen-bond donors (Lipinski definition) is 2. The second kappa shape index (κ2) is 6.93. The molecule has 1 aromatic rings. The zero-order valence-corrected chi connectivity index (χ0v) is 10.4. The van der Waals surface area contributed by atoms with Gasteiger partial charge in [0.1, 0.15) is 0 Å². The van der Waals surface area contributed by atoms with Crippen molar-refractivity contribution in [3.63, 3.8) is 0 Å². The second-order valence-corrected chi connectivity index (χ2v) is 4.93. The first-order chi connectivity index (χ1) is 7.22. The Bertz CT molecular complexity index is 273. The minimum atomic E-state index is 0.347. The highest BCUT2D eigenvalue weighted by molar-refractivity contribution is 7.09. The fourth-order valence-corrected chi connectivity index (χ4v) is 2.12. The normalized spacial score (nSPS) is 13.0. The minimum Gasteiger partial charge on any atom is -0.328 e. The summed E-state index contributed by atoms with van der Waals surface area (Å²) in [6.07, 6.45) is 3.35. The average Bonchev–Trinajstić information content (AvgIpc) is 2.60. The van der Waals surface area contributed by atoms with E-state index in [1.165, 1.54) is 6.42 Å². The van der Waals surface area contributed by atoms with Crippen LogP contribution in [0.15, 0.2) is 5.38 Å². The fraction of sp³-hybridized carbons (Fsp3) is 0.727. The predicted molar refractivity (Wildman–Crippen MR) is 66.1 cm³/mol. The number of nitrogens with one attached hydrogen (secondary N) is 1. The topological polar surface area (TPSA) is 50.9 Å². The Hall–Kier alpha value is -0.450. The highest BCUT2D eigenvalue weighted by atomic mass is 32.1. The van der Waals surface area contributed by atoms with Gasteiger partial charge in [-0.2, -0.15) is 0 Å². The van der Waals surface area contributed by atoms with E-state index in [2.05, 4.69) is 22.6 Å². The molecule has 1 aromatic heterocycles. The molecule has 86 valence electrons. The van der Waals surface area contributed by atoms with E-state index >= 15 is 0 Å². The van der Waals surface area contributed by atoms with Crippen LogP contribution in [0, 0.1) is 6.92 Å². The molecule has 3 nitrogen and oxygen atoms in total. The van der Waals surface area contributed by atoms with Gasteiger partial charge in [0.15, 0.2) is 0 Å². The van der Waals surface area contributed by atoms with Gasteiger partial charge in [-0.05, 0) is 26.3 Å². The standard InChI is InChI=1S/C11H21N3S/c1-3-4-10(12)5-6-13-7-11-8-15-9(2)14-11/h8,10,13H,3-7,12H2,1-2H3. The summed E-state index contributed by atoms with van der Waals surface area (Å²) in [6, 6.07) is 0.347. The zero-order chi connectivity index (χ0) is 11.1. The summed E-state index contributed by atoms with van der Waals surface area (Å²) in [5.41, 5.74) is 7.05. The molecule has 0 aliphatic heterocycles. The van der Waals surface area contributed by atoms with Crippen molar-refractivity contribution >= 4 is 11.3 Å². The molecule has 15 heavy (non-hydrogen) atoms. The molecule has 1 rings (SSSR count). The number of hydrogen-bond acceptors (Lipinski definition) is 4. The van der Waals surface area contributed by atoms with Gasteiger partial charge >= 0.3 is 0 Å². The van der Waals surface area contributed by atoms with Crippen LogP contribution in [0.1, 0.15) is 36.9 Å². The van der Waals surface area contributed by atoms with E-state index in [1.807, 2.05) is 6.92 Å². The molecule has 0 aliphatic carbocycles. The van der Waals surface area contributed by atoms with Gasteiger partial charge < -0.3 is 11.1 Å². The van der Waals surface area contributed by atoms with Crippen LogP contribution >= 0.6 is 11.3 Å². The summed E-state index contributed by atoms with van der Waals surface area (Å²) < 4.78 is 0. The smallest absolute Gasteiger partial charge is 0.0897 e. The van der Waals surface area contributed by atoms with E-state index in [9.17, 15) is 0 Å². The molecule has 0 saturated heterocycles. The van der Waals surface area contributed by atoms with Gasteiger partial charge in [0.05, 0.1) is 10.7 Å². The predicted octanol–water partition coefficient (Wildman–Crippen LogP) is 2.06. The molecule has 1 atom stereocenters. The van der Waals surface area contributed by atoms with Crippen LogP contribution in [-0.4, -0.2) is 17.6 Å². The van der Waals surface area contributed by atoms with E-state index in [0.29, 0.717) is 6.04 Å². The van der Waals surface area contributed by atoms with E-state index < -0.39 is 0 Å². The Kier molecular flexibility index (Phi) is 5.83.